The summed E-state index contributed by atoms with van der Waals surface area (Å²) in [5.74, 6) is 1.30. The average Bonchev–Trinajstić information content (AvgIpc) is 2.94. The zero-order chi connectivity index (χ0) is 14.1. The Balaban J connectivity index is 2.11. The van der Waals surface area contributed by atoms with E-state index in [1.165, 1.54) is 0 Å². The normalized spacial score (nSPS) is 19.2. The fourth-order valence-corrected chi connectivity index (χ4v) is 2.52. The van der Waals surface area contributed by atoms with Crippen LogP contribution in [-0.4, -0.2) is 52.3 Å². The maximum atomic E-state index is 12.0. The molecule has 3 rings (SSSR count). The van der Waals surface area contributed by atoms with E-state index in [-0.39, 0.29) is 11.9 Å². The summed E-state index contributed by atoms with van der Waals surface area (Å²) >= 11 is 0. The maximum Gasteiger partial charge on any atom is 0.242 e. The number of carbonyl (C=O) groups excluding carboxylic acids is 1. The van der Waals surface area contributed by atoms with Crippen LogP contribution in [0.5, 0.6) is 0 Å². The summed E-state index contributed by atoms with van der Waals surface area (Å²) in [7, 11) is 1.77. The third-order valence-corrected chi connectivity index (χ3v) is 3.50. The number of aromatic amines is 1. The molecular weight excluding hydrogens is 258 g/mol. The highest BCUT2D eigenvalue weighted by molar-refractivity contribution is 5.92. The Labute approximate surface area is 116 Å². The van der Waals surface area contributed by atoms with Gasteiger partial charge >= 0.3 is 0 Å². The first kappa shape index (κ1) is 12.6. The van der Waals surface area contributed by atoms with Crippen molar-refractivity contribution in [3.63, 3.8) is 0 Å². The molecule has 0 saturated carbocycles. The van der Waals surface area contributed by atoms with Crippen LogP contribution in [0, 0.1) is 0 Å². The Morgan fingerprint density at radius 1 is 1.50 bits per heavy atom. The van der Waals surface area contributed by atoms with Crippen molar-refractivity contribution < 1.29 is 4.79 Å². The molecule has 0 aliphatic carbocycles. The van der Waals surface area contributed by atoms with Crippen LogP contribution in [0.25, 0.3) is 11.0 Å². The highest BCUT2D eigenvalue weighted by atomic mass is 16.2. The standard InChI is InChI=1S/C12H17N7O/c1-3-8-11(20)14-4-5-19(8)10-7-6-15-18-9(7)16-12(13-2)17-10/h6,8H,3-5H2,1-2H3,(H,14,20)(H2,13,15,16,17,18). The second kappa shape index (κ2) is 4.95. The van der Waals surface area contributed by atoms with Gasteiger partial charge in [-0.3, -0.25) is 9.89 Å². The summed E-state index contributed by atoms with van der Waals surface area (Å²) in [6, 6.07) is -0.207. The summed E-state index contributed by atoms with van der Waals surface area (Å²) in [4.78, 5) is 22.9. The minimum Gasteiger partial charge on any atom is -0.357 e. The summed E-state index contributed by atoms with van der Waals surface area (Å²) in [5, 5.41) is 13.5. The SMILES string of the molecule is CCC1C(=O)NCCN1c1nc(NC)nc2[nH]ncc12. The lowest BCUT2D eigenvalue weighted by Gasteiger charge is -2.35. The number of aromatic nitrogens is 4. The lowest BCUT2D eigenvalue weighted by molar-refractivity contribution is -0.123. The number of rotatable bonds is 3. The van der Waals surface area contributed by atoms with E-state index < -0.39 is 0 Å². The van der Waals surface area contributed by atoms with Crippen molar-refractivity contribution in [1.82, 2.24) is 25.5 Å². The van der Waals surface area contributed by atoms with Crippen LogP contribution in [0.2, 0.25) is 0 Å². The third-order valence-electron chi connectivity index (χ3n) is 3.50. The molecule has 8 nitrogen and oxygen atoms in total. The molecule has 0 aromatic carbocycles. The largest absolute Gasteiger partial charge is 0.357 e. The van der Waals surface area contributed by atoms with Crippen molar-refractivity contribution in [2.24, 2.45) is 0 Å². The van der Waals surface area contributed by atoms with Crippen molar-refractivity contribution in [3.8, 4) is 0 Å². The molecule has 1 amide bonds. The molecule has 1 saturated heterocycles. The molecule has 8 heteroatoms. The zero-order valence-electron chi connectivity index (χ0n) is 11.5. The Morgan fingerprint density at radius 3 is 3.10 bits per heavy atom. The topological polar surface area (TPSA) is 98.8 Å². The summed E-state index contributed by atoms with van der Waals surface area (Å²) in [6.07, 6.45) is 2.42. The molecule has 1 aliphatic rings. The van der Waals surface area contributed by atoms with Crippen LogP contribution in [0.1, 0.15) is 13.3 Å². The number of H-pyrrole nitrogens is 1. The molecule has 2 aromatic heterocycles. The predicted molar refractivity (Wildman–Crippen MR) is 75.7 cm³/mol. The smallest absolute Gasteiger partial charge is 0.242 e. The molecule has 3 N–H and O–H groups in total. The highest BCUT2D eigenvalue weighted by Crippen LogP contribution is 2.27. The molecular formula is C12H17N7O. The number of hydrogen-bond donors (Lipinski definition) is 3. The molecule has 1 aliphatic heterocycles. The number of nitrogens with zero attached hydrogens (tertiary/aromatic N) is 4. The number of nitrogens with one attached hydrogen (secondary N) is 3. The Bertz CT molecular complexity index is 638. The van der Waals surface area contributed by atoms with Crippen molar-refractivity contribution in [1.29, 1.82) is 0 Å². The van der Waals surface area contributed by atoms with Gasteiger partial charge in [-0.05, 0) is 6.42 Å². The first-order valence-electron chi connectivity index (χ1n) is 6.67. The first-order chi connectivity index (χ1) is 9.74. The van der Waals surface area contributed by atoms with E-state index in [0.29, 0.717) is 18.1 Å². The van der Waals surface area contributed by atoms with Gasteiger partial charge in [-0.25, -0.2) is 0 Å². The van der Waals surface area contributed by atoms with Gasteiger partial charge in [0, 0.05) is 20.1 Å². The Kier molecular flexibility index (Phi) is 3.13. The van der Waals surface area contributed by atoms with Gasteiger partial charge in [-0.1, -0.05) is 6.92 Å². The van der Waals surface area contributed by atoms with E-state index in [4.69, 9.17) is 0 Å². The molecule has 20 heavy (non-hydrogen) atoms. The van der Waals surface area contributed by atoms with E-state index in [1.807, 2.05) is 11.8 Å². The Morgan fingerprint density at radius 2 is 2.35 bits per heavy atom. The number of piperazine rings is 1. The van der Waals surface area contributed by atoms with E-state index in [9.17, 15) is 4.79 Å². The molecule has 0 radical (unpaired) electrons. The number of amides is 1. The van der Waals surface area contributed by atoms with Crippen LogP contribution < -0.4 is 15.5 Å². The lowest BCUT2D eigenvalue weighted by atomic mass is 10.1. The van der Waals surface area contributed by atoms with Crippen molar-refractivity contribution in [2.75, 3.05) is 30.4 Å². The number of carbonyl (C=O) groups is 1. The quantitative estimate of drug-likeness (QED) is 0.735. The van der Waals surface area contributed by atoms with Crippen LogP contribution in [0.4, 0.5) is 11.8 Å². The summed E-state index contributed by atoms with van der Waals surface area (Å²) < 4.78 is 0. The minimum absolute atomic E-state index is 0.0417. The Hall–Kier alpha value is -2.38. The van der Waals surface area contributed by atoms with E-state index in [2.05, 4.69) is 30.8 Å². The molecule has 0 spiro atoms. The number of fused-ring (bicyclic) bond motifs is 1. The minimum atomic E-state index is -0.207. The van der Waals surface area contributed by atoms with Gasteiger partial charge in [-0.2, -0.15) is 15.1 Å². The fourth-order valence-electron chi connectivity index (χ4n) is 2.52. The van der Waals surface area contributed by atoms with Gasteiger partial charge in [0.05, 0.1) is 11.6 Å². The molecule has 2 aromatic rings. The van der Waals surface area contributed by atoms with Crippen LogP contribution in [0.15, 0.2) is 6.20 Å². The van der Waals surface area contributed by atoms with Crippen molar-refractivity contribution in [3.05, 3.63) is 6.20 Å². The lowest BCUT2D eigenvalue weighted by Crippen LogP contribution is -2.55. The van der Waals surface area contributed by atoms with Crippen molar-refractivity contribution in [2.45, 2.75) is 19.4 Å². The van der Waals surface area contributed by atoms with Crippen LogP contribution in [-0.2, 0) is 4.79 Å². The third kappa shape index (κ3) is 1.93. The highest BCUT2D eigenvalue weighted by Gasteiger charge is 2.30. The predicted octanol–water partition coefficient (Wildman–Crippen LogP) is 0.109. The van der Waals surface area contributed by atoms with Crippen molar-refractivity contribution >= 4 is 28.7 Å². The molecule has 1 atom stereocenters. The van der Waals surface area contributed by atoms with Gasteiger partial charge in [0.2, 0.25) is 11.9 Å². The fraction of sp³-hybridized carbons (Fsp3) is 0.500. The van der Waals surface area contributed by atoms with Crippen LogP contribution >= 0.6 is 0 Å². The van der Waals surface area contributed by atoms with Gasteiger partial charge in [-0.15, -0.1) is 0 Å². The molecule has 1 fully saturated rings. The second-order valence-corrected chi connectivity index (χ2v) is 4.66. The van der Waals surface area contributed by atoms with Crippen LogP contribution in [0.3, 0.4) is 0 Å². The maximum absolute atomic E-state index is 12.0. The van der Waals surface area contributed by atoms with Gasteiger partial charge in [0.15, 0.2) is 5.65 Å². The average molecular weight is 275 g/mol. The first-order valence-corrected chi connectivity index (χ1v) is 6.67. The molecule has 3 heterocycles. The van der Waals surface area contributed by atoms with E-state index in [0.717, 1.165) is 24.2 Å². The zero-order valence-corrected chi connectivity index (χ0v) is 11.5. The van der Waals surface area contributed by atoms with E-state index >= 15 is 0 Å². The molecule has 1 unspecified atom stereocenters. The number of anilines is 2. The monoisotopic (exact) mass is 275 g/mol. The van der Waals surface area contributed by atoms with Gasteiger partial charge in [0.1, 0.15) is 11.9 Å². The van der Waals surface area contributed by atoms with Gasteiger partial charge < -0.3 is 15.5 Å². The summed E-state index contributed by atoms with van der Waals surface area (Å²) in [5.41, 5.74) is 0.667. The molecule has 106 valence electrons. The second-order valence-electron chi connectivity index (χ2n) is 4.66. The van der Waals surface area contributed by atoms with E-state index in [1.54, 1.807) is 13.2 Å². The number of hydrogen-bond acceptors (Lipinski definition) is 6. The molecule has 0 bridgehead atoms. The van der Waals surface area contributed by atoms with Gasteiger partial charge in [0.25, 0.3) is 0 Å². The summed E-state index contributed by atoms with van der Waals surface area (Å²) in [6.45, 7) is 3.34.